The Kier molecular flexibility index (Phi) is 2.33. The molecule has 0 aromatic carbocycles. The first-order chi connectivity index (χ1) is 6.66. The molecule has 0 unspecified atom stereocenters. The van der Waals surface area contributed by atoms with E-state index in [0.29, 0.717) is 10.6 Å². The summed E-state index contributed by atoms with van der Waals surface area (Å²) in [6, 6.07) is 1.37. The number of carbonyl (C=O) groups is 1. The van der Waals surface area contributed by atoms with Gasteiger partial charge in [-0.05, 0) is 12.8 Å². The Morgan fingerprint density at radius 3 is 2.86 bits per heavy atom. The lowest BCUT2D eigenvalue weighted by atomic mass is 9.85. The van der Waals surface area contributed by atoms with Crippen molar-refractivity contribution in [3.8, 4) is 0 Å². The SMILES string of the molecule is O=C(O)c1cc(=S)nc(C2CCC2)[nH]1. The van der Waals surface area contributed by atoms with E-state index in [1.165, 1.54) is 12.5 Å². The van der Waals surface area contributed by atoms with Crippen molar-refractivity contribution in [2.45, 2.75) is 25.2 Å². The molecule has 0 bridgehead atoms. The Morgan fingerprint density at radius 1 is 1.64 bits per heavy atom. The molecule has 0 amide bonds. The van der Waals surface area contributed by atoms with Crippen molar-refractivity contribution < 1.29 is 9.90 Å². The summed E-state index contributed by atoms with van der Waals surface area (Å²) in [6.07, 6.45) is 3.33. The highest BCUT2D eigenvalue weighted by Crippen LogP contribution is 2.34. The molecule has 14 heavy (non-hydrogen) atoms. The molecule has 0 spiro atoms. The van der Waals surface area contributed by atoms with Gasteiger partial charge in [0.25, 0.3) is 0 Å². The number of H-pyrrole nitrogens is 1. The first kappa shape index (κ1) is 9.33. The van der Waals surface area contributed by atoms with Crippen molar-refractivity contribution in [3.05, 3.63) is 22.2 Å². The molecule has 2 rings (SSSR count). The van der Waals surface area contributed by atoms with Gasteiger partial charge in [0.2, 0.25) is 0 Å². The third kappa shape index (κ3) is 1.68. The van der Waals surface area contributed by atoms with Gasteiger partial charge in [-0.15, -0.1) is 0 Å². The fraction of sp³-hybridized carbons (Fsp3) is 0.444. The molecule has 1 heterocycles. The summed E-state index contributed by atoms with van der Waals surface area (Å²) < 4.78 is 0.350. The molecule has 0 atom stereocenters. The predicted molar refractivity (Wildman–Crippen MR) is 53.0 cm³/mol. The van der Waals surface area contributed by atoms with E-state index in [9.17, 15) is 4.79 Å². The molecule has 0 saturated heterocycles. The van der Waals surface area contributed by atoms with Crippen molar-refractivity contribution in [2.75, 3.05) is 0 Å². The standard InChI is InChI=1S/C9H10N2O2S/c12-9(13)6-4-7(14)11-8(10-6)5-2-1-3-5/h4-5H,1-3H2,(H,12,13)(H,10,11,14). The maximum atomic E-state index is 10.7. The second-order valence-electron chi connectivity index (χ2n) is 3.45. The number of nitrogens with one attached hydrogen (secondary N) is 1. The first-order valence-corrected chi connectivity index (χ1v) is 4.92. The highest BCUT2D eigenvalue weighted by molar-refractivity contribution is 7.71. The van der Waals surface area contributed by atoms with Gasteiger partial charge in [0.1, 0.15) is 16.2 Å². The summed E-state index contributed by atoms with van der Waals surface area (Å²) in [5.74, 6) is 0.108. The van der Waals surface area contributed by atoms with Crippen LogP contribution < -0.4 is 0 Å². The average molecular weight is 210 g/mol. The van der Waals surface area contributed by atoms with Crippen LogP contribution in [-0.2, 0) is 0 Å². The van der Waals surface area contributed by atoms with Gasteiger partial charge >= 0.3 is 5.97 Å². The Hall–Kier alpha value is -1.23. The van der Waals surface area contributed by atoms with E-state index in [-0.39, 0.29) is 5.69 Å². The van der Waals surface area contributed by atoms with Crippen LogP contribution in [0.25, 0.3) is 0 Å². The van der Waals surface area contributed by atoms with Crippen LogP contribution in [0.1, 0.15) is 41.5 Å². The smallest absolute Gasteiger partial charge is 0.352 e. The highest BCUT2D eigenvalue weighted by atomic mass is 32.1. The summed E-state index contributed by atoms with van der Waals surface area (Å²) >= 11 is 4.90. The lowest BCUT2D eigenvalue weighted by Gasteiger charge is -2.24. The number of carboxylic acids is 1. The highest BCUT2D eigenvalue weighted by Gasteiger charge is 2.22. The van der Waals surface area contributed by atoms with Gasteiger partial charge in [-0.25, -0.2) is 9.78 Å². The van der Waals surface area contributed by atoms with Crippen LogP contribution in [0, 0.1) is 4.64 Å². The number of rotatable bonds is 2. The van der Waals surface area contributed by atoms with Gasteiger partial charge in [-0.2, -0.15) is 0 Å². The molecule has 74 valence electrons. The number of hydrogen-bond donors (Lipinski definition) is 2. The number of hydrogen-bond acceptors (Lipinski definition) is 3. The largest absolute Gasteiger partial charge is 0.477 e. The minimum Gasteiger partial charge on any atom is -0.477 e. The molecule has 1 aromatic heterocycles. The van der Waals surface area contributed by atoms with Gasteiger partial charge in [0.05, 0.1) is 0 Å². The summed E-state index contributed by atoms with van der Waals surface area (Å²) in [6.45, 7) is 0. The zero-order valence-corrected chi connectivity index (χ0v) is 8.30. The molecule has 1 aromatic rings. The third-order valence-corrected chi connectivity index (χ3v) is 2.69. The van der Waals surface area contributed by atoms with E-state index < -0.39 is 5.97 Å². The molecule has 2 N–H and O–H groups in total. The van der Waals surface area contributed by atoms with Crippen LogP contribution in [0.3, 0.4) is 0 Å². The van der Waals surface area contributed by atoms with Crippen LogP contribution in [-0.4, -0.2) is 21.0 Å². The van der Waals surface area contributed by atoms with E-state index in [2.05, 4.69) is 9.97 Å². The molecule has 1 saturated carbocycles. The maximum absolute atomic E-state index is 10.7. The lowest BCUT2D eigenvalue weighted by Crippen LogP contribution is -2.15. The predicted octanol–water partition coefficient (Wildman–Crippen LogP) is 2.10. The number of aromatic carboxylic acids is 1. The van der Waals surface area contributed by atoms with Gasteiger partial charge in [-0.3, -0.25) is 0 Å². The van der Waals surface area contributed by atoms with E-state index >= 15 is 0 Å². The minimum atomic E-state index is -0.987. The van der Waals surface area contributed by atoms with Crippen molar-refractivity contribution >= 4 is 18.2 Å². The van der Waals surface area contributed by atoms with Crippen LogP contribution in [0.5, 0.6) is 0 Å². The molecule has 0 aliphatic heterocycles. The average Bonchev–Trinajstić information content (AvgIpc) is 1.99. The summed E-state index contributed by atoms with van der Waals surface area (Å²) in [5.41, 5.74) is 0.131. The van der Waals surface area contributed by atoms with Gasteiger partial charge in [0, 0.05) is 12.0 Å². The first-order valence-electron chi connectivity index (χ1n) is 4.51. The number of carboxylic acid groups (broad SMARTS) is 1. The molecular weight excluding hydrogens is 200 g/mol. The minimum absolute atomic E-state index is 0.131. The Balaban J connectivity index is 2.40. The van der Waals surface area contributed by atoms with E-state index in [1.54, 1.807) is 0 Å². The normalized spacial score (nSPS) is 16.3. The second kappa shape index (κ2) is 3.49. The van der Waals surface area contributed by atoms with Crippen LogP contribution >= 0.6 is 12.2 Å². The third-order valence-electron chi connectivity index (χ3n) is 2.48. The molecular formula is C9H10N2O2S. The van der Waals surface area contributed by atoms with E-state index in [0.717, 1.165) is 18.7 Å². The van der Waals surface area contributed by atoms with Crippen LogP contribution in [0.4, 0.5) is 0 Å². The molecule has 5 heteroatoms. The van der Waals surface area contributed by atoms with Crippen molar-refractivity contribution in [3.63, 3.8) is 0 Å². The van der Waals surface area contributed by atoms with Crippen molar-refractivity contribution in [1.29, 1.82) is 0 Å². The van der Waals surface area contributed by atoms with Crippen LogP contribution in [0.15, 0.2) is 6.07 Å². The molecule has 1 aliphatic carbocycles. The monoisotopic (exact) mass is 210 g/mol. The zero-order valence-electron chi connectivity index (χ0n) is 7.49. The van der Waals surface area contributed by atoms with Gasteiger partial charge in [0.15, 0.2) is 0 Å². The number of aromatic nitrogens is 2. The maximum Gasteiger partial charge on any atom is 0.352 e. The van der Waals surface area contributed by atoms with Gasteiger partial charge in [-0.1, -0.05) is 18.6 Å². The molecule has 4 nitrogen and oxygen atoms in total. The Morgan fingerprint density at radius 2 is 2.36 bits per heavy atom. The Bertz CT molecular complexity index is 423. The van der Waals surface area contributed by atoms with Crippen LogP contribution in [0.2, 0.25) is 0 Å². The fourth-order valence-corrected chi connectivity index (χ4v) is 1.68. The van der Waals surface area contributed by atoms with Gasteiger partial charge < -0.3 is 10.1 Å². The fourth-order valence-electron chi connectivity index (χ4n) is 1.47. The quantitative estimate of drug-likeness (QED) is 0.734. The summed E-state index contributed by atoms with van der Waals surface area (Å²) in [5, 5.41) is 8.80. The molecule has 1 fully saturated rings. The summed E-state index contributed by atoms with van der Waals surface area (Å²) in [7, 11) is 0. The van der Waals surface area contributed by atoms with Crippen molar-refractivity contribution in [2.24, 2.45) is 0 Å². The lowest BCUT2D eigenvalue weighted by molar-refractivity contribution is 0.0689. The Labute approximate surface area is 86.0 Å². The molecule has 0 radical (unpaired) electrons. The number of nitrogens with zero attached hydrogens (tertiary/aromatic N) is 1. The summed E-state index contributed by atoms with van der Waals surface area (Å²) in [4.78, 5) is 17.7. The second-order valence-corrected chi connectivity index (χ2v) is 3.87. The topological polar surface area (TPSA) is 66.0 Å². The van der Waals surface area contributed by atoms with E-state index in [4.69, 9.17) is 17.3 Å². The van der Waals surface area contributed by atoms with Crippen molar-refractivity contribution in [1.82, 2.24) is 9.97 Å². The molecule has 1 aliphatic rings. The van der Waals surface area contributed by atoms with E-state index in [1.807, 2.05) is 0 Å². The zero-order chi connectivity index (χ0) is 10.1. The number of aromatic amines is 1.